The van der Waals surface area contributed by atoms with Gasteiger partial charge in [-0.05, 0) is 19.2 Å². The van der Waals surface area contributed by atoms with Gasteiger partial charge in [-0.25, -0.2) is 4.99 Å². The summed E-state index contributed by atoms with van der Waals surface area (Å²) in [5, 5.41) is 6.92. The van der Waals surface area contributed by atoms with Gasteiger partial charge in [0.15, 0.2) is 6.29 Å². The number of benzene rings is 2. The van der Waals surface area contributed by atoms with Crippen molar-refractivity contribution in [3.8, 4) is 0 Å². The number of para-hydroxylation sites is 2. The van der Waals surface area contributed by atoms with E-state index in [2.05, 4.69) is 32.5 Å². The number of aromatic amines is 1. The number of H-pyrrole nitrogens is 1. The smallest absolute Gasteiger partial charge is 0.261 e. The Bertz CT molecular complexity index is 1350. The number of amides is 2. The average Bonchev–Trinajstić information content (AvgIpc) is 3.38. The minimum absolute atomic E-state index is 0.302. The molecular formula is C25H24N6O2. The number of aromatic nitrogens is 1. The van der Waals surface area contributed by atoms with Gasteiger partial charge in [-0.3, -0.25) is 19.8 Å². The molecule has 4 heterocycles. The quantitative estimate of drug-likeness (QED) is 0.542. The summed E-state index contributed by atoms with van der Waals surface area (Å²) >= 11 is 0. The van der Waals surface area contributed by atoms with Crippen LogP contribution in [0.25, 0.3) is 16.5 Å². The number of carbonyl (C=O) groups excluding carboxylic acids is 2. The third kappa shape index (κ3) is 3.26. The molecule has 0 saturated carbocycles. The molecule has 2 amide bonds. The van der Waals surface area contributed by atoms with Gasteiger partial charge in [0.1, 0.15) is 0 Å². The summed E-state index contributed by atoms with van der Waals surface area (Å²) in [6.07, 6.45) is 1.49. The molecule has 0 spiro atoms. The zero-order valence-corrected chi connectivity index (χ0v) is 18.3. The first-order valence-corrected chi connectivity index (χ1v) is 11.1. The topological polar surface area (TPSA) is 92.8 Å². The Morgan fingerprint density at radius 2 is 1.61 bits per heavy atom. The van der Waals surface area contributed by atoms with Crippen molar-refractivity contribution in [2.24, 2.45) is 4.99 Å². The highest BCUT2D eigenvalue weighted by atomic mass is 16.2. The number of nitrogens with one attached hydrogen (secondary N) is 3. The lowest BCUT2D eigenvalue weighted by molar-refractivity contribution is -0.123. The third-order valence-electron chi connectivity index (χ3n) is 6.63. The monoisotopic (exact) mass is 440 g/mol. The molecule has 8 heteroatoms. The third-order valence-corrected chi connectivity index (χ3v) is 6.63. The van der Waals surface area contributed by atoms with Crippen LogP contribution in [0, 0.1) is 0 Å². The van der Waals surface area contributed by atoms with Crippen molar-refractivity contribution in [3.63, 3.8) is 0 Å². The van der Waals surface area contributed by atoms with Gasteiger partial charge < -0.3 is 15.2 Å². The lowest BCUT2D eigenvalue weighted by atomic mass is 9.93. The summed E-state index contributed by atoms with van der Waals surface area (Å²) in [5.41, 5.74) is 4.59. The van der Waals surface area contributed by atoms with E-state index in [1.807, 2.05) is 48.5 Å². The first-order chi connectivity index (χ1) is 16.1. The number of hydrogen-bond donors (Lipinski definition) is 3. The van der Waals surface area contributed by atoms with E-state index < -0.39 is 11.8 Å². The van der Waals surface area contributed by atoms with E-state index in [-0.39, 0.29) is 6.29 Å². The molecule has 3 N–H and O–H groups in total. The Labute approximate surface area is 191 Å². The summed E-state index contributed by atoms with van der Waals surface area (Å²) in [6, 6.07) is 15.6. The maximum Gasteiger partial charge on any atom is 0.261 e. The standard InChI is InChI=1S/C25H24N6O2/c1-30-10-12-31(13-11-30)25-27-19-9-5-3-7-16(19)22(28-25)21-20(23(32)29-24(21)33)17-14-26-18-8-4-2-6-15(17)18/h2-9,14,25-27H,10-13H2,1H3,(H,29,32,33). The van der Waals surface area contributed by atoms with Crippen molar-refractivity contribution < 1.29 is 9.59 Å². The number of imide groups is 1. The van der Waals surface area contributed by atoms with Crippen molar-refractivity contribution in [1.29, 1.82) is 0 Å². The highest BCUT2D eigenvalue weighted by Gasteiger charge is 2.38. The Kier molecular flexibility index (Phi) is 4.63. The molecule has 6 rings (SSSR count). The molecule has 166 valence electrons. The number of carbonyl (C=O) groups is 2. The number of anilines is 1. The maximum absolute atomic E-state index is 13.1. The van der Waals surface area contributed by atoms with Crippen LogP contribution in [0.4, 0.5) is 5.69 Å². The van der Waals surface area contributed by atoms with Crippen molar-refractivity contribution in [1.82, 2.24) is 20.1 Å². The molecule has 1 aromatic heterocycles. The van der Waals surface area contributed by atoms with Gasteiger partial charge in [-0.2, -0.15) is 0 Å². The van der Waals surface area contributed by atoms with Crippen molar-refractivity contribution in [2.75, 3.05) is 38.5 Å². The van der Waals surface area contributed by atoms with Gasteiger partial charge in [-0.1, -0.05) is 36.4 Å². The second-order valence-corrected chi connectivity index (χ2v) is 8.66. The van der Waals surface area contributed by atoms with Crippen LogP contribution in [0.3, 0.4) is 0 Å². The number of likely N-dealkylation sites (N-methyl/N-ethyl adjacent to an activating group) is 1. The van der Waals surface area contributed by atoms with E-state index in [1.165, 1.54) is 0 Å². The molecule has 1 fully saturated rings. The van der Waals surface area contributed by atoms with E-state index in [1.54, 1.807) is 6.20 Å². The SMILES string of the molecule is CN1CCN(C2N=C(C3=C(c4c[nH]c5ccccc45)C(=O)NC3=O)c3ccccc3N2)CC1. The van der Waals surface area contributed by atoms with E-state index in [9.17, 15) is 9.59 Å². The summed E-state index contributed by atoms with van der Waals surface area (Å²) < 4.78 is 0. The predicted octanol–water partition coefficient (Wildman–Crippen LogP) is 2.02. The molecule has 0 radical (unpaired) electrons. The fourth-order valence-corrected chi connectivity index (χ4v) is 4.83. The number of fused-ring (bicyclic) bond motifs is 2. The Morgan fingerprint density at radius 3 is 2.45 bits per heavy atom. The Hall–Kier alpha value is -3.75. The molecule has 33 heavy (non-hydrogen) atoms. The van der Waals surface area contributed by atoms with Crippen LogP contribution in [0.2, 0.25) is 0 Å². The maximum atomic E-state index is 13.1. The minimum Gasteiger partial charge on any atom is -0.361 e. The van der Waals surface area contributed by atoms with Crippen LogP contribution in [-0.2, 0) is 9.59 Å². The van der Waals surface area contributed by atoms with Gasteiger partial charge in [0.05, 0.1) is 16.9 Å². The second kappa shape index (κ2) is 7.68. The predicted molar refractivity (Wildman–Crippen MR) is 128 cm³/mol. The molecule has 2 aromatic carbocycles. The Morgan fingerprint density at radius 1 is 0.879 bits per heavy atom. The molecule has 3 aromatic rings. The summed E-state index contributed by atoms with van der Waals surface area (Å²) in [5.74, 6) is -0.803. The number of aliphatic imine (C=N–C) groups is 1. The van der Waals surface area contributed by atoms with Crippen LogP contribution in [0.5, 0.6) is 0 Å². The van der Waals surface area contributed by atoms with Gasteiger partial charge in [0.25, 0.3) is 11.8 Å². The van der Waals surface area contributed by atoms with Crippen LogP contribution in [0.15, 0.2) is 65.3 Å². The number of hydrogen-bond acceptors (Lipinski definition) is 6. The molecule has 3 aliphatic heterocycles. The molecule has 1 saturated heterocycles. The largest absolute Gasteiger partial charge is 0.361 e. The molecule has 0 aliphatic carbocycles. The molecule has 8 nitrogen and oxygen atoms in total. The van der Waals surface area contributed by atoms with Gasteiger partial charge in [0, 0.05) is 60.1 Å². The summed E-state index contributed by atoms with van der Waals surface area (Å²) in [6.45, 7) is 3.64. The zero-order chi connectivity index (χ0) is 22.5. The van der Waals surface area contributed by atoms with Gasteiger partial charge in [0.2, 0.25) is 0 Å². The van der Waals surface area contributed by atoms with Crippen molar-refractivity contribution >= 4 is 39.7 Å². The van der Waals surface area contributed by atoms with Crippen molar-refractivity contribution in [3.05, 3.63) is 71.4 Å². The van der Waals surface area contributed by atoms with Gasteiger partial charge >= 0.3 is 0 Å². The average molecular weight is 441 g/mol. The highest BCUT2D eigenvalue weighted by Crippen LogP contribution is 2.35. The zero-order valence-electron chi connectivity index (χ0n) is 18.3. The second-order valence-electron chi connectivity index (χ2n) is 8.66. The number of rotatable bonds is 3. The molecular weight excluding hydrogens is 416 g/mol. The number of piperazine rings is 1. The van der Waals surface area contributed by atoms with Crippen LogP contribution in [0.1, 0.15) is 11.1 Å². The molecule has 1 unspecified atom stereocenters. The normalized spacial score (nSPS) is 21.7. The van der Waals surface area contributed by atoms with E-state index in [0.29, 0.717) is 22.4 Å². The van der Waals surface area contributed by atoms with E-state index in [0.717, 1.165) is 48.3 Å². The lowest BCUT2D eigenvalue weighted by Crippen LogP contribution is -2.52. The minimum atomic E-state index is -0.409. The summed E-state index contributed by atoms with van der Waals surface area (Å²) in [4.78, 5) is 39.0. The molecule has 0 bridgehead atoms. The molecule has 3 aliphatic rings. The fraction of sp³-hybridized carbons (Fsp3) is 0.240. The number of nitrogens with zero attached hydrogens (tertiary/aromatic N) is 3. The fourth-order valence-electron chi connectivity index (χ4n) is 4.83. The first kappa shape index (κ1) is 19.9. The van der Waals surface area contributed by atoms with Crippen LogP contribution < -0.4 is 10.6 Å². The first-order valence-electron chi connectivity index (χ1n) is 11.1. The lowest BCUT2D eigenvalue weighted by Gasteiger charge is -2.38. The summed E-state index contributed by atoms with van der Waals surface area (Å²) in [7, 11) is 2.11. The molecule has 1 atom stereocenters. The van der Waals surface area contributed by atoms with E-state index >= 15 is 0 Å². The Balaban J connectivity index is 1.53. The highest BCUT2D eigenvalue weighted by molar-refractivity contribution is 6.48. The van der Waals surface area contributed by atoms with E-state index in [4.69, 9.17) is 4.99 Å². The van der Waals surface area contributed by atoms with Crippen molar-refractivity contribution in [2.45, 2.75) is 6.29 Å². The van der Waals surface area contributed by atoms with Crippen LogP contribution in [-0.4, -0.2) is 71.8 Å². The van der Waals surface area contributed by atoms with Crippen LogP contribution >= 0.6 is 0 Å². The van der Waals surface area contributed by atoms with Gasteiger partial charge in [-0.15, -0.1) is 0 Å².